The van der Waals surface area contributed by atoms with Gasteiger partial charge in [0, 0.05) is 42.5 Å². The van der Waals surface area contributed by atoms with Gasteiger partial charge in [-0.15, -0.1) is 0 Å². The maximum Gasteiger partial charge on any atom is 0.337 e. The number of aliphatic hydroxyl groups is 1. The predicted octanol–water partition coefficient (Wildman–Crippen LogP) is 15.7. The normalized spacial score (nSPS) is 12.6. The number of aliphatic hydroxyl groups excluding tert-OH is 1. The summed E-state index contributed by atoms with van der Waals surface area (Å²) in [5, 5.41) is 36.0. The average molecular weight is 1460 g/mol. The van der Waals surface area contributed by atoms with Crippen molar-refractivity contribution in [2.75, 3.05) is 21.3 Å². The van der Waals surface area contributed by atoms with E-state index in [1.165, 1.54) is 92.1 Å². The number of nitrogens with two attached hydrogens (primary N) is 1. The molecule has 0 saturated heterocycles. The molecule has 11 aromatic carbocycles. The highest BCUT2D eigenvalue weighted by Crippen LogP contribution is 2.36. The summed E-state index contributed by atoms with van der Waals surface area (Å²) in [6, 6.07) is 89.5. The van der Waals surface area contributed by atoms with E-state index in [0.29, 0.717) is 34.5 Å². The smallest absolute Gasteiger partial charge is 0.337 e. The number of rotatable bonds is 10. The molecule has 1 amide bonds. The molecular weight excluding hydrogens is 1370 g/mol. The molecule has 15 rings (SSSR count). The van der Waals surface area contributed by atoms with Gasteiger partial charge in [0.25, 0.3) is 5.91 Å². The highest BCUT2D eigenvalue weighted by molar-refractivity contribution is 6.93. The second kappa shape index (κ2) is 41.5. The number of aryl methyl sites for hydroxylation is 8. The van der Waals surface area contributed by atoms with E-state index in [1.807, 2.05) is 72.8 Å². The molecule has 0 atom stereocenters. The van der Waals surface area contributed by atoms with Crippen LogP contribution in [0, 0.1) is 0 Å². The first kappa shape index (κ1) is 80.7. The van der Waals surface area contributed by atoms with Gasteiger partial charge in [-0.1, -0.05) is 236 Å². The van der Waals surface area contributed by atoms with Crippen LogP contribution in [0.1, 0.15) is 160 Å². The van der Waals surface area contributed by atoms with E-state index in [4.69, 9.17) is 25.6 Å². The number of carbonyl (C=O) groups is 5. The summed E-state index contributed by atoms with van der Waals surface area (Å²) in [5.74, 6) is -1.20. The largest absolute Gasteiger partial charge is 0.465 e. The van der Waals surface area contributed by atoms with Crippen molar-refractivity contribution in [2.24, 2.45) is 10.9 Å². The molecule has 10 N–H and O–H groups in total. The number of amides is 1. The molecule has 18 heteroatoms. The van der Waals surface area contributed by atoms with Gasteiger partial charge >= 0.3 is 16.6 Å². The van der Waals surface area contributed by atoms with Gasteiger partial charge in [-0.3, -0.25) is 19.6 Å². The minimum atomic E-state index is -0.889. The first-order valence-electron chi connectivity index (χ1n) is 34.5. The average Bonchev–Trinajstić information content (AvgIpc) is 1.63. The molecule has 4 aliphatic carbocycles. The number of nitrogens with one attached hydrogen (secondary N) is 3. The Morgan fingerprint density at radius 1 is 0.425 bits per heavy atom. The number of hydrogen-bond donors (Lipinski definition) is 7. The molecular formula is C88H87Cl2N5O11. The second-order valence-corrected chi connectivity index (χ2v) is 25.7. The zero-order valence-electron chi connectivity index (χ0n) is 59.3. The summed E-state index contributed by atoms with van der Waals surface area (Å²) in [7, 11) is 3.72. The first-order chi connectivity index (χ1) is 51.3. The first-order valence-corrected chi connectivity index (χ1v) is 35.3. The van der Waals surface area contributed by atoms with Gasteiger partial charge in [0.15, 0.2) is 0 Å². The number of carbonyl (C=O) groups excluding carboxylic acids is 5. The summed E-state index contributed by atoms with van der Waals surface area (Å²) in [5.41, 5.74) is 33.8. The van der Waals surface area contributed by atoms with Gasteiger partial charge in [-0.25, -0.2) is 15.1 Å². The summed E-state index contributed by atoms with van der Waals surface area (Å²) in [6.07, 6.45) is 9.15. The molecule has 106 heavy (non-hydrogen) atoms. The van der Waals surface area contributed by atoms with Crippen molar-refractivity contribution in [1.82, 2.24) is 16.1 Å². The Bertz CT molecular complexity index is 4390. The van der Waals surface area contributed by atoms with Crippen LogP contribution in [0.25, 0.3) is 0 Å². The molecule has 0 unspecified atom stereocenters. The third-order valence-electron chi connectivity index (χ3n) is 18.7. The molecule has 11 aromatic rings. The number of oxime groups is 1. The quantitative estimate of drug-likeness (QED) is 0.0168. The maximum absolute atomic E-state index is 11.6. The lowest BCUT2D eigenvalue weighted by atomic mass is 9.94. The van der Waals surface area contributed by atoms with Crippen LogP contribution in [0.4, 0.5) is 4.79 Å². The minimum Gasteiger partial charge on any atom is -0.465 e. The number of esters is 2. The Morgan fingerprint density at radius 3 is 0.991 bits per heavy atom. The standard InChI is InChI=1S/C24H23NO2.C23H22N2O2.C15H13NO.C15H15N.C9H8O3.CCl2O.CH4O.H2O/c1-27-24(26)20-12-10-17(11-13-20)16-25-23-21-8-4-2-6-18(21)14-15-19-7-3-5-9-22(19)23;26-23(25-27)19-11-9-16(10-12-19)15-24-22-20-7-3-1-5-17(20)13-14-18-6-2-4-8-21(18)22;17-16-15-13-7-3-1-5-11(13)9-10-12-6-2-4-8-14(12)15;16-15-13-7-3-1-5-11(13)9-10-12-6-2-4-8-14(12)15;1-12-9(11)8-4-2-7(6-10)3-5-8;2-1(3)4;1-2;/h2-13,23,25H,14-16H2,1H3;1-12,22,24,27H,13-15H2,(H,25,26);1-8,17H,9-10H2;1-8,15H,9-10,16H2;2-6H,1H3;;2H,1H3;1H2. The Hall–Kier alpha value is -11.0. The third kappa shape index (κ3) is 21.6. The van der Waals surface area contributed by atoms with Crippen molar-refractivity contribution in [2.45, 2.75) is 82.6 Å². The fraction of sp³-hybridized carbons (Fsp3) is 0.182. The Morgan fingerprint density at radius 2 is 0.689 bits per heavy atom. The van der Waals surface area contributed by atoms with Crippen molar-refractivity contribution < 1.29 is 54.4 Å². The fourth-order valence-corrected chi connectivity index (χ4v) is 13.5. The van der Waals surface area contributed by atoms with Crippen LogP contribution in [-0.4, -0.2) is 76.9 Å². The molecule has 16 nitrogen and oxygen atoms in total. The summed E-state index contributed by atoms with van der Waals surface area (Å²) in [4.78, 5) is 53.2. The number of hydrogen-bond acceptors (Lipinski definition) is 14. The molecule has 0 heterocycles. The number of halogens is 2. The third-order valence-corrected chi connectivity index (χ3v) is 18.7. The van der Waals surface area contributed by atoms with E-state index in [9.17, 15) is 24.4 Å². The topological polar surface area (TPSA) is 270 Å². The van der Waals surface area contributed by atoms with E-state index in [-0.39, 0.29) is 29.6 Å². The van der Waals surface area contributed by atoms with E-state index in [2.05, 4.69) is 201 Å². The Balaban J connectivity index is 0.000000168. The summed E-state index contributed by atoms with van der Waals surface area (Å²) in [6.45, 7) is 1.42. The van der Waals surface area contributed by atoms with Crippen molar-refractivity contribution >= 4 is 57.7 Å². The lowest BCUT2D eigenvalue weighted by molar-refractivity contribution is 0.0592. The molecule has 0 fully saturated rings. The summed E-state index contributed by atoms with van der Waals surface area (Å²) < 4.78 is 8.36. The number of aldehydes is 1. The monoisotopic (exact) mass is 1460 g/mol. The van der Waals surface area contributed by atoms with Crippen LogP contribution in [-0.2, 0) is 73.9 Å². The molecule has 0 radical (unpaired) electrons. The highest BCUT2D eigenvalue weighted by Gasteiger charge is 2.26. The van der Waals surface area contributed by atoms with Gasteiger partial charge in [0.05, 0.1) is 43.5 Å². The second-order valence-electron chi connectivity index (χ2n) is 24.8. The van der Waals surface area contributed by atoms with Crippen LogP contribution < -0.4 is 21.8 Å². The SMILES string of the molecule is CO.COC(=O)c1ccc(C=O)cc1.COC(=O)c1ccc(CNC2c3ccccc3CCc3ccccc32)cc1.NC1c2ccccc2CCc2ccccc21.O.O=C(Cl)Cl.O=C(NO)c1ccc(CNC2c3ccccc3CCc3ccccc32)cc1.ON=C1c2ccccc2CCc2ccccc21. The van der Waals surface area contributed by atoms with Gasteiger partial charge in [0.1, 0.15) is 12.0 Å². The van der Waals surface area contributed by atoms with Gasteiger partial charge in [0.2, 0.25) is 0 Å². The van der Waals surface area contributed by atoms with Crippen LogP contribution in [0.3, 0.4) is 0 Å². The molecule has 0 spiro atoms. The number of nitrogens with zero attached hydrogens (tertiary/aromatic N) is 1. The van der Waals surface area contributed by atoms with Crippen molar-refractivity contribution in [3.63, 3.8) is 0 Å². The van der Waals surface area contributed by atoms with E-state index < -0.39 is 16.6 Å². The summed E-state index contributed by atoms with van der Waals surface area (Å²) >= 11 is 8.80. The van der Waals surface area contributed by atoms with Crippen molar-refractivity contribution in [1.29, 1.82) is 0 Å². The zero-order valence-corrected chi connectivity index (χ0v) is 60.8. The molecule has 0 aliphatic heterocycles. The molecule has 0 saturated carbocycles. The predicted molar refractivity (Wildman–Crippen MR) is 417 cm³/mol. The van der Waals surface area contributed by atoms with E-state index in [0.717, 1.165) is 93.6 Å². The Kier molecular flexibility index (Phi) is 31.6. The van der Waals surface area contributed by atoms with Crippen molar-refractivity contribution in [3.8, 4) is 0 Å². The number of ether oxygens (including phenoxy) is 2. The van der Waals surface area contributed by atoms with Gasteiger partial charge in [-0.05, 0) is 200 Å². The fourth-order valence-electron chi connectivity index (χ4n) is 13.5. The number of benzene rings is 11. The lowest BCUT2D eigenvalue weighted by Gasteiger charge is -2.22. The number of methoxy groups -OCH3 is 2. The maximum atomic E-state index is 11.6. The minimum absolute atomic E-state index is 0. The van der Waals surface area contributed by atoms with Gasteiger partial charge in [-0.2, -0.15) is 0 Å². The molecule has 544 valence electrons. The lowest BCUT2D eigenvalue weighted by Crippen LogP contribution is -2.23. The van der Waals surface area contributed by atoms with Crippen LogP contribution in [0.5, 0.6) is 0 Å². The van der Waals surface area contributed by atoms with Crippen molar-refractivity contribution in [3.05, 3.63) is 389 Å². The number of hydroxylamine groups is 1. The van der Waals surface area contributed by atoms with E-state index in [1.54, 1.807) is 41.9 Å². The Labute approximate surface area is 628 Å². The van der Waals surface area contributed by atoms with Crippen LogP contribution in [0.15, 0.2) is 272 Å². The zero-order chi connectivity index (χ0) is 74.5. The van der Waals surface area contributed by atoms with Crippen LogP contribution in [0.2, 0.25) is 0 Å². The van der Waals surface area contributed by atoms with E-state index >= 15 is 0 Å². The molecule has 0 bridgehead atoms. The highest BCUT2D eigenvalue weighted by atomic mass is 35.5. The number of fused-ring (bicyclic) bond motifs is 8. The molecule has 4 aliphatic rings. The van der Waals surface area contributed by atoms with Crippen LogP contribution >= 0.6 is 23.2 Å². The molecule has 0 aromatic heterocycles. The van der Waals surface area contributed by atoms with Gasteiger partial charge < -0.3 is 41.6 Å².